The molecule has 144 valence electrons. The van der Waals surface area contributed by atoms with Crippen LogP contribution in [0.3, 0.4) is 0 Å². The summed E-state index contributed by atoms with van der Waals surface area (Å²) in [5, 5.41) is 5.67. The molecule has 0 spiro atoms. The van der Waals surface area contributed by atoms with Gasteiger partial charge in [-0.15, -0.1) is 0 Å². The fraction of sp³-hybridized carbons (Fsp3) is 0.333. The van der Waals surface area contributed by atoms with E-state index in [1.165, 1.54) is 14.2 Å². The molecule has 0 heterocycles. The van der Waals surface area contributed by atoms with Gasteiger partial charge in [0, 0.05) is 11.8 Å². The van der Waals surface area contributed by atoms with Crippen molar-refractivity contribution in [3.05, 3.63) is 54.1 Å². The lowest BCUT2D eigenvalue weighted by atomic mass is 9.90. The molecule has 6 heteroatoms. The molecule has 0 saturated heterocycles. The van der Waals surface area contributed by atoms with Crippen LogP contribution in [0, 0.1) is 5.41 Å². The zero-order valence-electron chi connectivity index (χ0n) is 16.3. The monoisotopic (exact) mass is 370 g/mol. The Morgan fingerprint density at radius 2 is 1.56 bits per heavy atom. The first-order valence-corrected chi connectivity index (χ1v) is 8.69. The Bertz CT molecular complexity index is 803. The molecule has 6 nitrogen and oxygen atoms in total. The van der Waals surface area contributed by atoms with Gasteiger partial charge in [0.1, 0.15) is 5.41 Å². The SMILES string of the molecule is COc1ccc(NC(=O)C(C)(C)C(=O)NC(C)c2ccccc2)cc1OC. The Hall–Kier alpha value is -3.02. The molecule has 0 bridgehead atoms. The van der Waals surface area contributed by atoms with Gasteiger partial charge >= 0.3 is 0 Å². The summed E-state index contributed by atoms with van der Waals surface area (Å²) in [7, 11) is 3.06. The van der Waals surface area contributed by atoms with Gasteiger partial charge in [-0.25, -0.2) is 0 Å². The smallest absolute Gasteiger partial charge is 0.239 e. The predicted molar refractivity (Wildman–Crippen MR) is 105 cm³/mol. The van der Waals surface area contributed by atoms with Crippen LogP contribution in [0.2, 0.25) is 0 Å². The van der Waals surface area contributed by atoms with Gasteiger partial charge in [-0.05, 0) is 38.5 Å². The van der Waals surface area contributed by atoms with Gasteiger partial charge in [0.15, 0.2) is 11.5 Å². The summed E-state index contributed by atoms with van der Waals surface area (Å²) in [6, 6.07) is 14.4. The second-order valence-corrected chi connectivity index (χ2v) is 6.75. The lowest BCUT2D eigenvalue weighted by molar-refractivity contribution is -0.138. The van der Waals surface area contributed by atoms with Crippen molar-refractivity contribution in [1.29, 1.82) is 0 Å². The molecule has 2 aromatic carbocycles. The molecule has 0 saturated carbocycles. The van der Waals surface area contributed by atoms with E-state index in [1.54, 1.807) is 32.0 Å². The minimum atomic E-state index is -1.25. The highest BCUT2D eigenvalue weighted by Gasteiger charge is 2.36. The maximum absolute atomic E-state index is 12.7. The van der Waals surface area contributed by atoms with Crippen LogP contribution in [-0.2, 0) is 9.59 Å². The standard InChI is InChI=1S/C21H26N2O4/c1-14(15-9-7-6-8-10-15)22-19(24)21(2,3)20(25)23-16-11-12-17(26-4)18(13-16)27-5/h6-14H,1-5H3,(H,22,24)(H,23,25). The van der Waals surface area contributed by atoms with Crippen LogP contribution in [0.5, 0.6) is 11.5 Å². The van der Waals surface area contributed by atoms with Crippen LogP contribution in [0.4, 0.5) is 5.69 Å². The minimum Gasteiger partial charge on any atom is -0.493 e. The molecule has 2 rings (SSSR count). The molecular formula is C21H26N2O4. The maximum Gasteiger partial charge on any atom is 0.239 e. The topological polar surface area (TPSA) is 76.7 Å². The van der Waals surface area contributed by atoms with E-state index in [4.69, 9.17) is 9.47 Å². The maximum atomic E-state index is 12.7. The van der Waals surface area contributed by atoms with Crippen molar-refractivity contribution in [2.45, 2.75) is 26.8 Å². The average Bonchev–Trinajstić information content (AvgIpc) is 2.68. The zero-order chi connectivity index (χ0) is 20.0. The van der Waals surface area contributed by atoms with E-state index < -0.39 is 11.3 Å². The second kappa shape index (κ2) is 8.58. The van der Waals surface area contributed by atoms with Crippen LogP contribution in [-0.4, -0.2) is 26.0 Å². The number of anilines is 1. The van der Waals surface area contributed by atoms with Crippen LogP contribution in [0.25, 0.3) is 0 Å². The molecule has 27 heavy (non-hydrogen) atoms. The number of hydrogen-bond donors (Lipinski definition) is 2. The van der Waals surface area contributed by atoms with Gasteiger partial charge in [-0.2, -0.15) is 0 Å². The van der Waals surface area contributed by atoms with Gasteiger partial charge in [-0.1, -0.05) is 30.3 Å². The van der Waals surface area contributed by atoms with Crippen molar-refractivity contribution in [3.8, 4) is 11.5 Å². The molecular weight excluding hydrogens is 344 g/mol. The second-order valence-electron chi connectivity index (χ2n) is 6.75. The van der Waals surface area contributed by atoms with E-state index in [9.17, 15) is 9.59 Å². The molecule has 0 aliphatic rings. The molecule has 2 N–H and O–H groups in total. The van der Waals surface area contributed by atoms with Crippen molar-refractivity contribution in [2.75, 3.05) is 19.5 Å². The summed E-state index contributed by atoms with van der Waals surface area (Å²) in [5.74, 6) is 0.295. The van der Waals surface area contributed by atoms with Gasteiger partial charge in [0.2, 0.25) is 11.8 Å². The summed E-state index contributed by atoms with van der Waals surface area (Å²) in [5.41, 5.74) is 0.243. The lowest BCUT2D eigenvalue weighted by Gasteiger charge is -2.25. The molecule has 2 amide bonds. The highest BCUT2D eigenvalue weighted by atomic mass is 16.5. The Balaban J connectivity index is 2.08. The van der Waals surface area contributed by atoms with E-state index in [1.807, 2.05) is 37.3 Å². The quantitative estimate of drug-likeness (QED) is 0.731. The van der Waals surface area contributed by atoms with Crippen LogP contribution >= 0.6 is 0 Å². The molecule has 2 aromatic rings. The number of carbonyl (C=O) groups excluding carboxylic acids is 2. The third-order valence-electron chi connectivity index (χ3n) is 4.42. The largest absolute Gasteiger partial charge is 0.493 e. The van der Waals surface area contributed by atoms with E-state index >= 15 is 0 Å². The number of rotatable bonds is 7. The first kappa shape index (κ1) is 20.3. The summed E-state index contributed by atoms with van der Waals surface area (Å²) >= 11 is 0. The molecule has 1 atom stereocenters. The highest BCUT2D eigenvalue weighted by Crippen LogP contribution is 2.30. The number of ether oxygens (including phenoxy) is 2. The summed E-state index contributed by atoms with van der Waals surface area (Å²) in [4.78, 5) is 25.4. The summed E-state index contributed by atoms with van der Waals surface area (Å²) < 4.78 is 10.4. The number of hydrogen-bond acceptors (Lipinski definition) is 4. The van der Waals surface area contributed by atoms with Gasteiger partial charge in [0.25, 0.3) is 0 Å². The number of carbonyl (C=O) groups is 2. The Morgan fingerprint density at radius 1 is 0.926 bits per heavy atom. The van der Waals surface area contributed by atoms with Crippen molar-refractivity contribution in [1.82, 2.24) is 5.32 Å². The van der Waals surface area contributed by atoms with E-state index in [-0.39, 0.29) is 11.9 Å². The van der Waals surface area contributed by atoms with Crippen molar-refractivity contribution < 1.29 is 19.1 Å². The van der Waals surface area contributed by atoms with E-state index in [0.29, 0.717) is 17.2 Å². The van der Waals surface area contributed by atoms with Crippen molar-refractivity contribution in [3.63, 3.8) is 0 Å². The number of amides is 2. The summed E-state index contributed by atoms with van der Waals surface area (Å²) in [6.07, 6.45) is 0. The number of nitrogens with one attached hydrogen (secondary N) is 2. The Morgan fingerprint density at radius 3 is 2.15 bits per heavy atom. The van der Waals surface area contributed by atoms with Crippen LogP contribution in [0.15, 0.2) is 48.5 Å². The number of benzene rings is 2. The first-order chi connectivity index (χ1) is 12.8. The molecule has 0 radical (unpaired) electrons. The van der Waals surface area contributed by atoms with Gasteiger partial charge in [0.05, 0.1) is 20.3 Å². The lowest BCUT2D eigenvalue weighted by Crippen LogP contribution is -2.45. The van der Waals surface area contributed by atoms with E-state index in [2.05, 4.69) is 10.6 Å². The molecule has 1 unspecified atom stereocenters. The van der Waals surface area contributed by atoms with Gasteiger partial charge in [-0.3, -0.25) is 9.59 Å². The average molecular weight is 370 g/mol. The van der Waals surface area contributed by atoms with Crippen LogP contribution in [0.1, 0.15) is 32.4 Å². The molecule has 0 aromatic heterocycles. The molecule has 0 aliphatic carbocycles. The fourth-order valence-electron chi connectivity index (χ4n) is 2.51. The number of methoxy groups -OCH3 is 2. The molecule has 0 fully saturated rings. The highest BCUT2D eigenvalue weighted by molar-refractivity contribution is 6.10. The zero-order valence-corrected chi connectivity index (χ0v) is 16.3. The normalized spacial score (nSPS) is 12.0. The fourth-order valence-corrected chi connectivity index (χ4v) is 2.51. The van der Waals surface area contributed by atoms with Gasteiger partial charge < -0.3 is 20.1 Å². The summed E-state index contributed by atoms with van der Waals surface area (Å²) in [6.45, 7) is 5.07. The third kappa shape index (κ3) is 4.78. The Labute approximate surface area is 159 Å². The Kier molecular flexibility index (Phi) is 6.45. The first-order valence-electron chi connectivity index (χ1n) is 8.69. The minimum absolute atomic E-state index is 0.202. The third-order valence-corrected chi connectivity index (χ3v) is 4.42. The van der Waals surface area contributed by atoms with E-state index in [0.717, 1.165) is 5.56 Å². The van der Waals surface area contributed by atoms with Crippen molar-refractivity contribution >= 4 is 17.5 Å². The van der Waals surface area contributed by atoms with Crippen molar-refractivity contribution in [2.24, 2.45) is 5.41 Å². The predicted octanol–water partition coefficient (Wildman–Crippen LogP) is 3.55. The molecule has 0 aliphatic heterocycles. The van der Waals surface area contributed by atoms with Crippen LogP contribution < -0.4 is 20.1 Å².